The van der Waals surface area contributed by atoms with E-state index < -0.39 is 16.6 Å². The molecule has 140 valence electrons. The Kier molecular flexibility index (Phi) is 5.56. The highest BCUT2D eigenvalue weighted by Gasteiger charge is 2.16. The zero-order valence-corrected chi connectivity index (χ0v) is 14.4. The van der Waals surface area contributed by atoms with E-state index in [4.69, 9.17) is 4.74 Å². The molecule has 0 heterocycles. The molecule has 0 unspecified atom stereocenters. The van der Waals surface area contributed by atoms with Crippen molar-refractivity contribution in [2.75, 3.05) is 10.6 Å². The first kappa shape index (κ1) is 18.5. The van der Waals surface area contributed by atoms with Crippen LogP contribution in [0.3, 0.4) is 0 Å². The number of amides is 2. The molecule has 0 fully saturated rings. The largest absolute Gasteiger partial charge is 0.457 e. The van der Waals surface area contributed by atoms with Crippen LogP contribution >= 0.6 is 0 Å². The van der Waals surface area contributed by atoms with Crippen molar-refractivity contribution >= 4 is 28.8 Å². The van der Waals surface area contributed by atoms with E-state index in [1.807, 2.05) is 30.3 Å². The van der Waals surface area contributed by atoms with E-state index in [0.717, 1.165) is 12.1 Å². The molecular weight excluding hydrogens is 364 g/mol. The van der Waals surface area contributed by atoms with Crippen molar-refractivity contribution in [1.82, 2.24) is 0 Å². The number of rotatable bonds is 6. The van der Waals surface area contributed by atoms with Gasteiger partial charge in [0.2, 0.25) is 0 Å². The third-order valence-electron chi connectivity index (χ3n) is 3.62. The first-order chi connectivity index (χ1) is 13.5. The predicted octanol–water partition coefficient (Wildman–Crippen LogP) is 5.43. The first-order valence-electron chi connectivity index (χ1n) is 8.08. The number of anilines is 2. The van der Waals surface area contributed by atoms with Gasteiger partial charge in [-0.05, 0) is 53.7 Å². The zero-order chi connectivity index (χ0) is 19.9. The van der Waals surface area contributed by atoms with Crippen molar-refractivity contribution < 1.29 is 14.5 Å². The lowest BCUT2D eigenvalue weighted by Gasteiger charge is -2.09. The monoisotopic (exact) mass is 378 g/mol. The average molecular weight is 378 g/mol. The number of ether oxygens (including phenoxy) is 1. The fraction of sp³-hybridized carbons (Fsp3) is 0. The second-order valence-electron chi connectivity index (χ2n) is 5.57. The summed E-state index contributed by atoms with van der Waals surface area (Å²) < 4.78 is 5.66. The highest BCUT2D eigenvalue weighted by atomic mass is 16.6. The van der Waals surface area contributed by atoms with Crippen LogP contribution in [0.25, 0.3) is 0 Å². The second-order valence-corrected chi connectivity index (χ2v) is 5.57. The van der Waals surface area contributed by atoms with Crippen LogP contribution in [0.5, 0.6) is 11.5 Å². The summed E-state index contributed by atoms with van der Waals surface area (Å²) in [7, 11) is 0. The number of nitro groups is 1. The van der Waals surface area contributed by atoms with Gasteiger partial charge in [-0.3, -0.25) is 10.1 Å². The van der Waals surface area contributed by atoms with E-state index in [1.54, 1.807) is 24.3 Å². The summed E-state index contributed by atoms with van der Waals surface area (Å²) in [6.45, 7) is 0. The molecule has 0 saturated heterocycles. The minimum Gasteiger partial charge on any atom is -0.457 e. The smallest absolute Gasteiger partial charge is 0.323 e. The lowest BCUT2D eigenvalue weighted by atomic mass is 10.2. The normalized spacial score (nSPS) is 10.0. The lowest BCUT2D eigenvalue weighted by molar-refractivity contribution is -0.384. The first-order valence-corrected chi connectivity index (χ1v) is 8.08. The number of nitro benzene ring substituents is 1. The lowest BCUT2D eigenvalue weighted by Crippen LogP contribution is -2.19. The van der Waals surface area contributed by atoms with Gasteiger partial charge in [-0.1, -0.05) is 18.2 Å². The maximum Gasteiger partial charge on any atom is 0.323 e. The molecule has 0 aliphatic rings. The molecule has 2 amide bonds. The maximum atomic E-state index is 12.1. The van der Waals surface area contributed by atoms with Crippen molar-refractivity contribution in [1.29, 1.82) is 0 Å². The molecule has 0 aliphatic heterocycles. The molecule has 0 aliphatic carbocycles. The highest BCUT2D eigenvalue weighted by Crippen LogP contribution is 2.30. The number of nitrogens with one attached hydrogen (secondary N) is 2. The van der Waals surface area contributed by atoms with Crippen LogP contribution in [0.2, 0.25) is 0 Å². The summed E-state index contributed by atoms with van der Waals surface area (Å²) in [4.78, 5) is 32.9. The Labute approximate surface area is 159 Å². The van der Waals surface area contributed by atoms with Crippen LogP contribution in [0, 0.1) is 15.0 Å². The topological polar surface area (TPSA) is 123 Å². The number of urea groups is 1. The average Bonchev–Trinajstić information content (AvgIpc) is 2.70. The number of carbonyl (C=O) groups excluding carboxylic acids is 1. The van der Waals surface area contributed by atoms with Crippen LogP contribution in [0.15, 0.2) is 78.0 Å². The Morgan fingerprint density at radius 2 is 1.50 bits per heavy atom. The van der Waals surface area contributed by atoms with Crippen molar-refractivity contribution in [3.63, 3.8) is 0 Å². The molecule has 2 N–H and O–H groups in total. The molecule has 0 aromatic heterocycles. The maximum absolute atomic E-state index is 12.1. The van der Waals surface area contributed by atoms with Crippen molar-refractivity contribution in [2.24, 2.45) is 5.18 Å². The molecule has 0 spiro atoms. The SMILES string of the molecule is O=Nc1ccc(NC(=O)Nc2ccc(Oc3ccccc3)cc2)cc1[N+](=O)[O-]. The minimum absolute atomic E-state index is 0.153. The second kappa shape index (κ2) is 8.41. The fourth-order valence-electron chi connectivity index (χ4n) is 2.35. The van der Waals surface area contributed by atoms with Gasteiger partial charge in [0.05, 0.1) is 4.92 Å². The Morgan fingerprint density at radius 1 is 0.893 bits per heavy atom. The molecule has 0 saturated carbocycles. The molecule has 3 rings (SSSR count). The minimum atomic E-state index is -0.745. The Bertz CT molecular complexity index is 1010. The number of para-hydroxylation sites is 1. The van der Waals surface area contributed by atoms with Crippen LogP contribution in [0.4, 0.5) is 27.5 Å². The van der Waals surface area contributed by atoms with Crippen molar-refractivity contribution in [3.8, 4) is 11.5 Å². The number of hydrogen-bond acceptors (Lipinski definition) is 6. The van der Waals surface area contributed by atoms with Gasteiger partial charge in [-0.15, -0.1) is 4.91 Å². The molecule has 9 heteroatoms. The van der Waals surface area contributed by atoms with Gasteiger partial charge in [-0.2, -0.15) is 0 Å². The Morgan fingerprint density at radius 3 is 2.14 bits per heavy atom. The summed E-state index contributed by atoms with van der Waals surface area (Å²) in [5.41, 5.74) is -0.153. The molecular formula is C19H14N4O5. The van der Waals surface area contributed by atoms with Crippen molar-refractivity contribution in [3.05, 3.63) is 87.8 Å². The van der Waals surface area contributed by atoms with E-state index >= 15 is 0 Å². The zero-order valence-electron chi connectivity index (χ0n) is 14.4. The van der Waals surface area contributed by atoms with Gasteiger partial charge in [0.25, 0.3) is 0 Å². The van der Waals surface area contributed by atoms with Gasteiger partial charge in [0.15, 0.2) is 5.69 Å². The molecule has 3 aromatic rings. The number of carbonyl (C=O) groups is 1. The van der Waals surface area contributed by atoms with E-state index in [2.05, 4.69) is 15.8 Å². The van der Waals surface area contributed by atoms with E-state index in [1.165, 1.54) is 6.07 Å². The number of nitrogens with zero attached hydrogens (tertiary/aromatic N) is 2. The van der Waals surface area contributed by atoms with E-state index in [0.29, 0.717) is 17.2 Å². The van der Waals surface area contributed by atoms with E-state index in [-0.39, 0.29) is 11.4 Å². The fourth-order valence-corrected chi connectivity index (χ4v) is 2.35. The Hall–Kier alpha value is -4.27. The standard InChI is InChI=1S/C19H14N4O5/c24-19(21-14-8-11-17(22-25)18(12-14)23(26)27)20-13-6-9-16(10-7-13)28-15-4-2-1-3-5-15/h1-12H,(H2,20,21,24). The van der Waals surface area contributed by atoms with Crippen molar-refractivity contribution in [2.45, 2.75) is 0 Å². The van der Waals surface area contributed by atoms with Crippen LogP contribution < -0.4 is 15.4 Å². The quantitative estimate of drug-likeness (QED) is 0.336. The highest BCUT2D eigenvalue weighted by molar-refractivity contribution is 6.00. The molecule has 0 atom stereocenters. The van der Waals surface area contributed by atoms with Crippen LogP contribution in [0.1, 0.15) is 0 Å². The van der Waals surface area contributed by atoms with Gasteiger partial charge >= 0.3 is 11.7 Å². The summed E-state index contributed by atoms with van der Waals surface area (Å²) in [5.74, 6) is 1.29. The van der Waals surface area contributed by atoms with Crippen LogP contribution in [-0.2, 0) is 0 Å². The molecule has 0 bridgehead atoms. The molecule has 0 radical (unpaired) electrons. The third kappa shape index (κ3) is 4.67. The summed E-state index contributed by atoms with van der Waals surface area (Å²) >= 11 is 0. The predicted molar refractivity (Wildman–Crippen MR) is 104 cm³/mol. The third-order valence-corrected chi connectivity index (χ3v) is 3.62. The van der Waals surface area contributed by atoms with Gasteiger partial charge in [0, 0.05) is 17.4 Å². The summed E-state index contributed by atoms with van der Waals surface area (Å²) in [6.07, 6.45) is 0. The summed E-state index contributed by atoms with van der Waals surface area (Å²) in [5, 5.41) is 18.6. The summed E-state index contributed by atoms with van der Waals surface area (Å²) in [6, 6.07) is 18.9. The van der Waals surface area contributed by atoms with Gasteiger partial charge in [-0.25, -0.2) is 4.79 Å². The molecule has 9 nitrogen and oxygen atoms in total. The number of benzene rings is 3. The number of hydrogen-bond donors (Lipinski definition) is 2. The molecule has 28 heavy (non-hydrogen) atoms. The Balaban J connectivity index is 1.62. The van der Waals surface area contributed by atoms with E-state index in [9.17, 15) is 19.8 Å². The van der Waals surface area contributed by atoms with Crippen LogP contribution in [-0.4, -0.2) is 11.0 Å². The number of nitroso groups, excluding NO2 is 1. The molecule has 3 aromatic carbocycles. The van der Waals surface area contributed by atoms with Gasteiger partial charge < -0.3 is 15.4 Å². The van der Waals surface area contributed by atoms with Gasteiger partial charge in [0.1, 0.15) is 11.5 Å².